The minimum Gasteiger partial charge on any atom is -0.326 e. The van der Waals surface area contributed by atoms with Crippen LogP contribution in [0.15, 0.2) is 42.5 Å². The van der Waals surface area contributed by atoms with Gasteiger partial charge < -0.3 is 10.6 Å². The number of benzene rings is 2. The van der Waals surface area contributed by atoms with Crippen LogP contribution in [0, 0.1) is 5.82 Å². The summed E-state index contributed by atoms with van der Waals surface area (Å²) in [5.41, 5.74) is 0.594. The molecule has 0 aromatic heterocycles. The molecular weight excluding hydrogens is 330 g/mol. The van der Waals surface area contributed by atoms with E-state index >= 15 is 0 Å². The first-order valence-electron chi connectivity index (χ1n) is 6.25. The summed E-state index contributed by atoms with van der Waals surface area (Å²) in [4.78, 5) is 23.5. The minimum absolute atomic E-state index is 0.197. The number of carbonyl (C=O) groups is 2. The Balaban J connectivity index is 1.94. The van der Waals surface area contributed by atoms with E-state index in [4.69, 9.17) is 23.2 Å². The largest absolute Gasteiger partial charge is 0.326 e. The van der Waals surface area contributed by atoms with Crippen molar-refractivity contribution in [3.05, 3.63) is 58.3 Å². The molecule has 0 saturated carbocycles. The van der Waals surface area contributed by atoms with E-state index in [0.717, 1.165) is 6.07 Å². The Labute approximate surface area is 136 Å². The van der Waals surface area contributed by atoms with Crippen molar-refractivity contribution in [3.8, 4) is 0 Å². The number of amides is 2. The molecule has 0 bridgehead atoms. The van der Waals surface area contributed by atoms with Gasteiger partial charge in [0.2, 0.25) is 11.8 Å². The van der Waals surface area contributed by atoms with Gasteiger partial charge in [0.25, 0.3) is 0 Å². The van der Waals surface area contributed by atoms with E-state index in [0.29, 0.717) is 10.7 Å². The predicted octanol–water partition coefficient (Wildman–Crippen LogP) is 4.10. The first kappa shape index (κ1) is 16.3. The molecule has 2 amide bonds. The van der Waals surface area contributed by atoms with Gasteiger partial charge in [0, 0.05) is 5.69 Å². The van der Waals surface area contributed by atoms with Crippen LogP contribution in [-0.4, -0.2) is 11.8 Å². The van der Waals surface area contributed by atoms with E-state index in [2.05, 4.69) is 10.6 Å². The van der Waals surface area contributed by atoms with Gasteiger partial charge in [0.1, 0.15) is 12.2 Å². The van der Waals surface area contributed by atoms with Crippen LogP contribution < -0.4 is 10.6 Å². The Hall–Kier alpha value is -2.11. The Morgan fingerprint density at radius 2 is 1.68 bits per heavy atom. The second-order valence-corrected chi connectivity index (χ2v) is 5.17. The molecule has 0 saturated heterocycles. The van der Waals surface area contributed by atoms with Gasteiger partial charge in [0.05, 0.1) is 15.7 Å². The molecule has 7 heteroatoms. The molecule has 0 heterocycles. The second kappa shape index (κ2) is 7.24. The lowest BCUT2D eigenvalue weighted by atomic mass is 10.2. The van der Waals surface area contributed by atoms with Gasteiger partial charge in [-0.25, -0.2) is 4.39 Å². The second-order valence-electron chi connectivity index (χ2n) is 4.38. The fourth-order valence-electron chi connectivity index (χ4n) is 1.71. The highest BCUT2D eigenvalue weighted by atomic mass is 35.5. The third-order valence-electron chi connectivity index (χ3n) is 2.66. The van der Waals surface area contributed by atoms with Gasteiger partial charge in [-0.3, -0.25) is 9.59 Å². The topological polar surface area (TPSA) is 58.2 Å². The van der Waals surface area contributed by atoms with Crippen LogP contribution in [0.1, 0.15) is 6.42 Å². The Bertz CT molecular complexity index is 722. The van der Waals surface area contributed by atoms with E-state index < -0.39 is 24.1 Å². The number of hydrogen-bond acceptors (Lipinski definition) is 2. The molecule has 2 aromatic carbocycles. The molecule has 22 heavy (non-hydrogen) atoms. The van der Waals surface area contributed by atoms with Gasteiger partial charge in [-0.15, -0.1) is 0 Å². The molecule has 2 rings (SSSR count). The highest BCUT2D eigenvalue weighted by Crippen LogP contribution is 2.29. The van der Waals surface area contributed by atoms with Gasteiger partial charge in [0.15, 0.2) is 0 Å². The van der Waals surface area contributed by atoms with E-state index in [1.165, 1.54) is 18.2 Å². The van der Waals surface area contributed by atoms with Crippen LogP contribution in [0.4, 0.5) is 15.8 Å². The van der Waals surface area contributed by atoms with Crippen molar-refractivity contribution in [1.82, 2.24) is 0 Å². The number of halogens is 3. The summed E-state index contributed by atoms with van der Waals surface area (Å²) < 4.78 is 13.0. The molecule has 0 fully saturated rings. The molecule has 0 spiro atoms. The summed E-state index contributed by atoms with van der Waals surface area (Å²) in [5.74, 6) is -1.60. The highest BCUT2D eigenvalue weighted by Gasteiger charge is 2.12. The van der Waals surface area contributed by atoms with Crippen molar-refractivity contribution < 1.29 is 14.0 Å². The van der Waals surface area contributed by atoms with E-state index in [1.807, 2.05) is 0 Å². The molecule has 0 radical (unpaired) electrons. The van der Waals surface area contributed by atoms with Gasteiger partial charge in [-0.05, 0) is 30.3 Å². The molecule has 2 N–H and O–H groups in total. The Morgan fingerprint density at radius 3 is 2.41 bits per heavy atom. The average Bonchev–Trinajstić information content (AvgIpc) is 2.43. The fourth-order valence-corrected chi connectivity index (χ4v) is 2.06. The minimum atomic E-state index is -0.568. The molecular formula is C15H11Cl2FN2O2. The molecule has 2 aromatic rings. The molecule has 0 unspecified atom stereocenters. The molecule has 0 atom stereocenters. The lowest BCUT2D eigenvalue weighted by Crippen LogP contribution is -2.21. The maximum Gasteiger partial charge on any atom is 0.233 e. The number of nitrogens with one attached hydrogen (secondary N) is 2. The van der Waals surface area contributed by atoms with Crippen molar-refractivity contribution in [2.75, 3.05) is 10.6 Å². The number of carbonyl (C=O) groups excluding carboxylic acids is 2. The average molecular weight is 341 g/mol. The van der Waals surface area contributed by atoms with Gasteiger partial charge in [-0.2, -0.15) is 0 Å². The van der Waals surface area contributed by atoms with Crippen LogP contribution >= 0.6 is 23.2 Å². The molecule has 0 aliphatic carbocycles. The zero-order valence-corrected chi connectivity index (χ0v) is 12.7. The fraction of sp³-hybridized carbons (Fsp3) is 0.0667. The SMILES string of the molecule is O=C(CC(=O)Nc1cccc(Cl)c1Cl)Nc1cccc(F)c1. The smallest absolute Gasteiger partial charge is 0.233 e. The molecule has 0 aliphatic rings. The van der Waals surface area contributed by atoms with Crippen molar-refractivity contribution in [3.63, 3.8) is 0 Å². The van der Waals surface area contributed by atoms with Crippen molar-refractivity contribution in [2.45, 2.75) is 6.42 Å². The third-order valence-corrected chi connectivity index (χ3v) is 3.47. The quantitative estimate of drug-likeness (QED) is 0.823. The van der Waals surface area contributed by atoms with Crippen LogP contribution in [0.2, 0.25) is 10.0 Å². The highest BCUT2D eigenvalue weighted by molar-refractivity contribution is 6.44. The van der Waals surface area contributed by atoms with Gasteiger partial charge >= 0.3 is 0 Å². The summed E-state index contributed by atoms with van der Waals surface area (Å²) in [6, 6.07) is 10.2. The van der Waals surface area contributed by atoms with E-state index in [9.17, 15) is 14.0 Å². The van der Waals surface area contributed by atoms with Crippen LogP contribution in [0.25, 0.3) is 0 Å². The van der Waals surface area contributed by atoms with E-state index in [1.54, 1.807) is 18.2 Å². The third kappa shape index (κ3) is 4.44. The van der Waals surface area contributed by atoms with Crippen LogP contribution in [0.5, 0.6) is 0 Å². The zero-order valence-electron chi connectivity index (χ0n) is 11.2. The standard InChI is InChI=1S/C15H11Cl2FN2O2/c16-11-5-2-6-12(15(11)17)20-14(22)8-13(21)19-10-4-1-3-9(18)7-10/h1-7H,8H2,(H,19,21)(H,20,22). The molecule has 114 valence electrons. The first-order valence-corrected chi connectivity index (χ1v) is 7.00. The first-order chi connectivity index (χ1) is 10.5. The van der Waals surface area contributed by atoms with E-state index in [-0.39, 0.29) is 10.7 Å². The summed E-state index contributed by atoms with van der Waals surface area (Å²) in [6.07, 6.45) is -0.431. The van der Waals surface area contributed by atoms with Crippen molar-refractivity contribution in [2.24, 2.45) is 0 Å². The summed E-state index contributed by atoms with van der Waals surface area (Å²) in [5, 5.41) is 5.41. The maximum atomic E-state index is 13.0. The number of anilines is 2. The monoisotopic (exact) mass is 340 g/mol. The summed E-state index contributed by atoms with van der Waals surface area (Å²) >= 11 is 11.8. The van der Waals surface area contributed by atoms with Crippen LogP contribution in [0.3, 0.4) is 0 Å². The van der Waals surface area contributed by atoms with Crippen molar-refractivity contribution >= 4 is 46.4 Å². The molecule has 0 aliphatic heterocycles. The van der Waals surface area contributed by atoms with Gasteiger partial charge in [-0.1, -0.05) is 35.3 Å². The summed E-state index contributed by atoms with van der Waals surface area (Å²) in [6.45, 7) is 0. The maximum absolute atomic E-state index is 13.0. The van der Waals surface area contributed by atoms with Crippen molar-refractivity contribution in [1.29, 1.82) is 0 Å². The Morgan fingerprint density at radius 1 is 1.00 bits per heavy atom. The lowest BCUT2D eigenvalue weighted by molar-refractivity contribution is -0.123. The zero-order chi connectivity index (χ0) is 16.1. The predicted molar refractivity (Wildman–Crippen MR) is 84.7 cm³/mol. The number of hydrogen-bond donors (Lipinski definition) is 2. The van der Waals surface area contributed by atoms with Crippen LogP contribution in [-0.2, 0) is 9.59 Å². The number of rotatable bonds is 4. The Kier molecular flexibility index (Phi) is 5.35. The normalized spacial score (nSPS) is 10.1. The lowest BCUT2D eigenvalue weighted by Gasteiger charge is -2.08. The molecule has 4 nitrogen and oxygen atoms in total. The summed E-state index contributed by atoms with van der Waals surface area (Å²) in [7, 11) is 0.